The van der Waals surface area contributed by atoms with E-state index in [4.69, 9.17) is 9.84 Å². The van der Waals surface area contributed by atoms with Gasteiger partial charge in [-0.3, -0.25) is 0 Å². The number of aliphatic hydroxyl groups excluding tert-OH is 1. The molecule has 0 aromatic heterocycles. The Hall–Kier alpha value is -1.06. The van der Waals surface area contributed by atoms with Crippen LogP contribution in [0.2, 0.25) is 0 Å². The van der Waals surface area contributed by atoms with Gasteiger partial charge >= 0.3 is 0 Å². The number of hydrogen-bond acceptors (Lipinski definition) is 3. The van der Waals surface area contributed by atoms with Gasteiger partial charge in [-0.25, -0.2) is 0 Å². The van der Waals surface area contributed by atoms with Crippen molar-refractivity contribution in [3.63, 3.8) is 0 Å². The molecule has 17 heavy (non-hydrogen) atoms. The summed E-state index contributed by atoms with van der Waals surface area (Å²) in [6.07, 6.45) is 0.993. The van der Waals surface area contributed by atoms with E-state index in [9.17, 15) is 0 Å². The van der Waals surface area contributed by atoms with Crippen LogP contribution in [0.5, 0.6) is 5.75 Å². The van der Waals surface area contributed by atoms with Crippen molar-refractivity contribution in [2.24, 2.45) is 5.92 Å². The molecule has 1 aromatic rings. The third-order valence-electron chi connectivity index (χ3n) is 3.18. The minimum absolute atomic E-state index is 0.233. The number of rotatable bonds is 7. The van der Waals surface area contributed by atoms with Crippen LogP contribution in [0.25, 0.3) is 0 Å². The maximum Gasteiger partial charge on any atom is 0.118 e. The average Bonchev–Trinajstić information content (AvgIpc) is 2.38. The predicted molar refractivity (Wildman–Crippen MR) is 70.4 cm³/mol. The molecule has 0 heterocycles. The Bertz CT molecular complexity index is 311. The predicted octanol–water partition coefficient (Wildman–Crippen LogP) is 1.84. The largest absolute Gasteiger partial charge is 0.497 e. The van der Waals surface area contributed by atoms with E-state index in [2.05, 4.69) is 24.4 Å². The van der Waals surface area contributed by atoms with E-state index in [1.807, 2.05) is 19.1 Å². The quantitative estimate of drug-likeness (QED) is 0.760. The molecule has 0 aliphatic carbocycles. The van der Waals surface area contributed by atoms with Gasteiger partial charge in [-0.15, -0.1) is 0 Å². The molecule has 2 unspecified atom stereocenters. The maximum atomic E-state index is 9.03. The molecule has 0 saturated carbocycles. The Morgan fingerprint density at radius 2 is 1.88 bits per heavy atom. The summed E-state index contributed by atoms with van der Waals surface area (Å²) in [6.45, 7) is 5.31. The summed E-state index contributed by atoms with van der Waals surface area (Å²) in [5.74, 6) is 1.19. The van der Waals surface area contributed by atoms with Gasteiger partial charge in [0.15, 0.2) is 0 Å². The molecule has 0 amide bonds. The van der Waals surface area contributed by atoms with Crippen LogP contribution in [-0.2, 0) is 6.42 Å². The van der Waals surface area contributed by atoms with Gasteiger partial charge in [0.25, 0.3) is 0 Å². The zero-order chi connectivity index (χ0) is 12.7. The van der Waals surface area contributed by atoms with Gasteiger partial charge in [0.05, 0.1) is 7.11 Å². The molecule has 0 bridgehead atoms. The van der Waals surface area contributed by atoms with Crippen molar-refractivity contribution >= 4 is 0 Å². The standard InChI is InChI=1S/C14H23NO2/c1-11(10-16)12(2)15-9-8-13-4-6-14(17-3)7-5-13/h4-7,11-12,15-16H,8-10H2,1-3H3. The van der Waals surface area contributed by atoms with Crippen LogP contribution in [0, 0.1) is 5.92 Å². The second-order valence-corrected chi connectivity index (χ2v) is 4.50. The van der Waals surface area contributed by atoms with Gasteiger partial charge in [0.1, 0.15) is 5.75 Å². The molecule has 0 fully saturated rings. The van der Waals surface area contributed by atoms with Crippen LogP contribution in [-0.4, -0.2) is 31.4 Å². The first-order valence-corrected chi connectivity index (χ1v) is 6.14. The highest BCUT2D eigenvalue weighted by Crippen LogP contribution is 2.11. The van der Waals surface area contributed by atoms with Crippen molar-refractivity contribution in [3.05, 3.63) is 29.8 Å². The Labute approximate surface area is 104 Å². The van der Waals surface area contributed by atoms with Gasteiger partial charge in [-0.2, -0.15) is 0 Å². The molecule has 96 valence electrons. The van der Waals surface area contributed by atoms with Crippen molar-refractivity contribution in [2.45, 2.75) is 26.3 Å². The van der Waals surface area contributed by atoms with Crippen LogP contribution in [0.1, 0.15) is 19.4 Å². The first kappa shape index (κ1) is 14.0. The summed E-state index contributed by atoms with van der Waals surface area (Å²) in [7, 11) is 1.68. The highest BCUT2D eigenvalue weighted by atomic mass is 16.5. The molecule has 0 saturated heterocycles. The topological polar surface area (TPSA) is 41.5 Å². The molecular weight excluding hydrogens is 214 g/mol. The van der Waals surface area contributed by atoms with Crippen molar-refractivity contribution in [3.8, 4) is 5.75 Å². The van der Waals surface area contributed by atoms with Crippen LogP contribution in [0.3, 0.4) is 0 Å². The van der Waals surface area contributed by atoms with Crippen molar-refractivity contribution in [1.82, 2.24) is 5.32 Å². The third-order valence-corrected chi connectivity index (χ3v) is 3.18. The number of ether oxygens (including phenoxy) is 1. The van der Waals surface area contributed by atoms with Gasteiger partial charge in [-0.1, -0.05) is 19.1 Å². The molecule has 2 atom stereocenters. The maximum absolute atomic E-state index is 9.03. The smallest absolute Gasteiger partial charge is 0.118 e. The molecule has 0 aliphatic rings. The molecule has 1 aromatic carbocycles. The fourth-order valence-electron chi connectivity index (χ4n) is 1.60. The molecule has 3 heteroatoms. The zero-order valence-electron chi connectivity index (χ0n) is 10.9. The Kier molecular flexibility index (Phi) is 6.01. The number of nitrogens with one attached hydrogen (secondary N) is 1. The van der Waals surface area contributed by atoms with Gasteiger partial charge in [-0.05, 0) is 43.5 Å². The SMILES string of the molecule is COc1ccc(CCNC(C)C(C)CO)cc1. The van der Waals surface area contributed by atoms with E-state index in [1.54, 1.807) is 7.11 Å². The second kappa shape index (κ2) is 7.30. The highest BCUT2D eigenvalue weighted by molar-refractivity contribution is 5.27. The van der Waals surface area contributed by atoms with E-state index in [-0.39, 0.29) is 6.61 Å². The number of benzene rings is 1. The summed E-state index contributed by atoms with van der Waals surface area (Å²) in [5, 5.41) is 12.4. The van der Waals surface area contributed by atoms with Gasteiger partial charge in [0.2, 0.25) is 0 Å². The molecule has 0 spiro atoms. The summed E-state index contributed by atoms with van der Waals surface area (Å²) in [5.41, 5.74) is 1.29. The zero-order valence-corrected chi connectivity index (χ0v) is 10.9. The fourth-order valence-corrected chi connectivity index (χ4v) is 1.60. The van der Waals surface area contributed by atoms with E-state index >= 15 is 0 Å². The third kappa shape index (κ3) is 4.75. The second-order valence-electron chi connectivity index (χ2n) is 4.50. The van der Waals surface area contributed by atoms with E-state index < -0.39 is 0 Å². The van der Waals surface area contributed by atoms with Crippen LogP contribution in [0.4, 0.5) is 0 Å². The minimum Gasteiger partial charge on any atom is -0.497 e. The summed E-state index contributed by atoms with van der Waals surface area (Å²) >= 11 is 0. The molecule has 0 radical (unpaired) electrons. The molecule has 0 aliphatic heterocycles. The lowest BCUT2D eigenvalue weighted by Crippen LogP contribution is -2.35. The average molecular weight is 237 g/mol. The van der Waals surface area contributed by atoms with Gasteiger partial charge < -0.3 is 15.2 Å². The molecule has 1 rings (SSSR count). The first-order chi connectivity index (χ1) is 8.17. The van der Waals surface area contributed by atoms with Crippen LogP contribution < -0.4 is 10.1 Å². The minimum atomic E-state index is 0.233. The van der Waals surface area contributed by atoms with E-state index in [0.29, 0.717) is 12.0 Å². The summed E-state index contributed by atoms with van der Waals surface area (Å²) in [4.78, 5) is 0. The van der Waals surface area contributed by atoms with Crippen molar-refractivity contribution in [1.29, 1.82) is 0 Å². The Balaban J connectivity index is 2.30. The fraction of sp³-hybridized carbons (Fsp3) is 0.571. The molecule has 2 N–H and O–H groups in total. The number of methoxy groups -OCH3 is 1. The normalized spacial score (nSPS) is 14.4. The number of aliphatic hydroxyl groups is 1. The Morgan fingerprint density at radius 3 is 2.41 bits per heavy atom. The van der Waals surface area contributed by atoms with Crippen LogP contribution in [0.15, 0.2) is 24.3 Å². The van der Waals surface area contributed by atoms with Gasteiger partial charge in [0, 0.05) is 12.6 Å². The summed E-state index contributed by atoms with van der Waals surface area (Å²) in [6, 6.07) is 8.48. The van der Waals surface area contributed by atoms with E-state index in [1.165, 1.54) is 5.56 Å². The van der Waals surface area contributed by atoms with Crippen LogP contribution >= 0.6 is 0 Å². The highest BCUT2D eigenvalue weighted by Gasteiger charge is 2.09. The number of hydrogen-bond donors (Lipinski definition) is 2. The van der Waals surface area contributed by atoms with Crippen molar-refractivity contribution < 1.29 is 9.84 Å². The first-order valence-electron chi connectivity index (χ1n) is 6.14. The Morgan fingerprint density at radius 1 is 1.24 bits per heavy atom. The lowest BCUT2D eigenvalue weighted by Gasteiger charge is -2.19. The van der Waals surface area contributed by atoms with Crippen molar-refractivity contribution in [2.75, 3.05) is 20.3 Å². The molecule has 3 nitrogen and oxygen atoms in total. The summed E-state index contributed by atoms with van der Waals surface area (Å²) < 4.78 is 5.11. The lowest BCUT2D eigenvalue weighted by atomic mass is 10.0. The molecular formula is C14H23NO2. The monoisotopic (exact) mass is 237 g/mol. The van der Waals surface area contributed by atoms with E-state index in [0.717, 1.165) is 18.7 Å². The lowest BCUT2D eigenvalue weighted by molar-refractivity contribution is 0.208.